The Bertz CT molecular complexity index is 425. The summed E-state index contributed by atoms with van der Waals surface area (Å²) in [7, 11) is 0. The van der Waals surface area contributed by atoms with E-state index in [4.69, 9.17) is 5.11 Å². The van der Waals surface area contributed by atoms with Crippen LogP contribution in [0.2, 0.25) is 0 Å². The van der Waals surface area contributed by atoms with Gasteiger partial charge < -0.3 is 5.11 Å². The Labute approximate surface area is 99.2 Å². The lowest BCUT2D eigenvalue weighted by molar-refractivity contribution is -0.118. The first-order valence-electron chi connectivity index (χ1n) is 5.60. The van der Waals surface area contributed by atoms with Gasteiger partial charge in [0, 0.05) is 13.0 Å². The fourth-order valence-corrected chi connectivity index (χ4v) is 1.97. The number of halogens is 1. The van der Waals surface area contributed by atoms with Gasteiger partial charge in [0.2, 0.25) is 5.91 Å². The number of hydrogen-bond acceptors (Lipinski definition) is 3. The van der Waals surface area contributed by atoms with Crippen molar-refractivity contribution in [3.05, 3.63) is 30.1 Å². The molecule has 1 heterocycles. The number of aliphatic hydroxyl groups is 1. The van der Waals surface area contributed by atoms with Gasteiger partial charge in [-0.2, -0.15) is 0 Å². The zero-order valence-electron chi connectivity index (χ0n) is 9.64. The van der Waals surface area contributed by atoms with Gasteiger partial charge in [-0.3, -0.25) is 4.79 Å². The zero-order chi connectivity index (χ0) is 12.4. The number of aliphatic hydroxyl groups excluding tert-OH is 1. The van der Waals surface area contributed by atoms with Crippen LogP contribution in [0.25, 0.3) is 0 Å². The van der Waals surface area contributed by atoms with Crippen molar-refractivity contribution in [3.8, 4) is 0 Å². The number of carbonyl (C=O) groups excluding carboxylic acids is 1. The van der Waals surface area contributed by atoms with E-state index >= 15 is 0 Å². The molecule has 92 valence electrons. The third-order valence-corrected chi connectivity index (χ3v) is 2.90. The van der Waals surface area contributed by atoms with Gasteiger partial charge in [-0.05, 0) is 19.1 Å². The van der Waals surface area contributed by atoms with Crippen LogP contribution >= 0.6 is 0 Å². The van der Waals surface area contributed by atoms with Crippen molar-refractivity contribution >= 4 is 11.6 Å². The van der Waals surface area contributed by atoms with Gasteiger partial charge in [-0.15, -0.1) is 0 Å². The molecule has 0 radical (unpaired) electrons. The van der Waals surface area contributed by atoms with Crippen LogP contribution in [0, 0.1) is 5.82 Å². The molecule has 0 saturated carbocycles. The summed E-state index contributed by atoms with van der Waals surface area (Å²) in [5.41, 5.74) is 0.246. The van der Waals surface area contributed by atoms with Gasteiger partial charge in [0.25, 0.3) is 0 Å². The number of hydrazine groups is 1. The van der Waals surface area contributed by atoms with Gasteiger partial charge in [0.1, 0.15) is 5.82 Å². The molecule has 1 aromatic rings. The van der Waals surface area contributed by atoms with E-state index in [1.165, 1.54) is 11.1 Å². The number of amides is 1. The number of benzene rings is 1. The smallest absolute Gasteiger partial charge is 0.243 e. The minimum absolute atomic E-state index is 0.0712. The van der Waals surface area contributed by atoms with Crippen LogP contribution in [0.15, 0.2) is 24.3 Å². The molecule has 0 aliphatic carbocycles. The highest BCUT2D eigenvalue weighted by molar-refractivity contribution is 5.94. The normalized spacial score (nSPS) is 18.8. The molecule has 0 spiro atoms. The summed E-state index contributed by atoms with van der Waals surface area (Å²) < 4.78 is 13.7. The monoisotopic (exact) mass is 238 g/mol. The molecule has 1 aromatic carbocycles. The molecule has 1 aliphatic rings. The Hall–Kier alpha value is -1.46. The first-order valence-corrected chi connectivity index (χ1v) is 5.60. The Morgan fingerprint density at radius 2 is 2.18 bits per heavy atom. The average molecular weight is 238 g/mol. The quantitative estimate of drug-likeness (QED) is 0.859. The summed E-state index contributed by atoms with van der Waals surface area (Å²) >= 11 is 0. The van der Waals surface area contributed by atoms with E-state index in [2.05, 4.69) is 0 Å². The van der Waals surface area contributed by atoms with E-state index in [-0.39, 0.29) is 24.2 Å². The van der Waals surface area contributed by atoms with E-state index < -0.39 is 5.82 Å². The van der Waals surface area contributed by atoms with Crippen LogP contribution in [0.1, 0.15) is 13.3 Å². The van der Waals surface area contributed by atoms with Crippen molar-refractivity contribution in [2.75, 3.05) is 18.2 Å². The van der Waals surface area contributed by atoms with Crippen LogP contribution in [0.5, 0.6) is 0 Å². The largest absolute Gasteiger partial charge is 0.395 e. The highest BCUT2D eigenvalue weighted by atomic mass is 19.1. The van der Waals surface area contributed by atoms with Crippen LogP contribution in [0.4, 0.5) is 10.1 Å². The van der Waals surface area contributed by atoms with Crippen LogP contribution < -0.4 is 5.01 Å². The van der Waals surface area contributed by atoms with Crippen molar-refractivity contribution < 1.29 is 14.3 Å². The van der Waals surface area contributed by atoms with Crippen molar-refractivity contribution in [1.82, 2.24) is 5.01 Å². The van der Waals surface area contributed by atoms with Crippen LogP contribution in [-0.2, 0) is 4.79 Å². The van der Waals surface area contributed by atoms with Gasteiger partial charge >= 0.3 is 0 Å². The molecular weight excluding hydrogens is 223 g/mol. The van der Waals surface area contributed by atoms with Crippen molar-refractivity contribution in [1.29, 1.82) is 0 Å². The van der Waals surface area contributed by atoms with Gasteiger partial charge in [-0.1, -0.05) is 12.1 Å². The summed E-state index contributed by atoms with van der Waals surface area (Å²) in [6.07, 6.45) is 0.346. The first kappa shape index (κ1) is 12.0. The maximum atomic E-state index is 13.7. The first-order chi connectivity index (χ1) is 8.15. The number of rotatable bonds is 3. The molecule has 0 aromatic heterocycles. The fourth-order valence-electron chi connectivity index (χ4n) is 1.97. The Kier molecular flexibility index (Phi) is 3.40. The van der Waals surface area contributed by atoms with E-state index in [9.17, 15) is 9.18 Å². The standard InChI is InChI=1S/C12H15FN2O2/c1-9(8-16)14-7-6-12(17)15(14)11-5-3-2-4-10(11)13/h2-5,9,16H,6-8H2,1H3. The summed E-state index contributed by atoms with van der Waals surface area (Å²) in [6, 6.07) is 5.95. The minimum Gasteiger partial charge on any atom is -0.395 e. The highest BCUT2D eigenvalue weighted by Gasteiger charge is 2.34. The summed E-state index contributed by atoms with van der Waals surface area (Å²) in [5.74, 6) is -0.576. The number of hydrogen-bond donors (Lipinski definition) is 1. The fraction of sp³-hybridized carbons (Fsp3) is 0.417. The molecule has 17 heavy (non-hydrogen) atoms. The molecule has 1 saturated heterocycles. The molecule has 1 aliphatic heterocycles. The summed E-state index contributed by atoms with van der Waals surface area (Å²) in [4.78, 5) is 11.8. The van der Waals surface area contributed by atoms with Gasteiger partial charge in [0.15, 0.2) is 0 Å². The maximum absolute atomic E-state index is 13.7. The Morgan fingerprint density at radius 1 is 1.47 bits per heavy atom. The minimum atomic E-state index is -0.433. The maximum Gasteiger partial charge on any atom is 0.243 e. The Morgan fingerprint density at radius 3 is 2.82 bits per heavy atom. The second-order valence-corrected chi connectivity index (χ2v) is 4.10. The summed E-state index contributed by atoms with van der Waals surface area (Å²) in [6.45, 7) is 2.24. The third-order valence-electron chi connectivity index (χ3n) is 2.90. The average Bonchev–Trinajstić information content (AvgIpc) is 2.71. The van der Waals surface area contributed by atoms with Crippen molar-refractivity contribution in [2.45, 2.75) is 19.4 Å². The lowest BCUT2D eigenvalue weighted by Gasteiger charge is -2.32. The molecule has 0 bridgehead atoms. The number of para-hydroxylation sites is 1. The van der Waals surface area contributed by atoms with Gasteiger partial charge in [0.05, 0.1) is 18.3 Å². The molecule has 1 unspecified atom stereocenters. The summed E-state index contributed by atoms with van der Waals surface area (Å²) in [5, 5.41) is 12.2. The number of carbonyl (C=O) groups is 1. The van der Waals surface area contributed by atoms with Crippen LogP contribution in [-0.4, -0.2) is 35.2 Å². The van der Waals surface area contributed by atoms with Crippen molar-refractivity contribution in [2.24, 2.45) is 0 Å². The SMILES string of the molecule is CC(CO)N1CCC(=O)N1c1ccccc1F. The third kappa shape index (κ3) is 2.16. The molecule has 1 fully saturated rings. The van der Waals surface area contributed by atoms with Crippen molar-refractivity contribution in [3.63, 3.8) is 0 Å². The highest BCUT2D eigenvalue weighted by Crippen LogP contribution is 2.26. The Balaban J connectivity index is 2.34. The molecule has 1 atom stereocenters. The van der Waals surface area contributed by atoms with Gasteiger partial charge in [-0.25, -0.2) is 14.4 Å². The topological polar surface area (TPSA) is 43.8 Å². The molecule has 4 nitrogen and oxygen atoms in total. The predicted octanol–water partition coefficient (Wildman–Crippen LogP) is 1.16. The molecular formula is C12H15FN2O2. The zero-order valence-corrected chi connectivity index (χ0v) is 9.64. The predicted molar refractivity (Wildman–Crippen MR) is 61.8 cm³/mol. The second-order valence-electron chi connectivity index (χ2n) is 4.10. The van der Waals surface area contributed by atoms with Crippen LogP contribution in [0.3, 0.4) is 0 Å². The number of anilines is 1. The molecule has 1 N–H and O–H groups in total. The van der Waals surface area contributed by atoms with E-state index in [1.54, 1.807) is 30.1 Å². The lowest BCUT2D eigenvalue weighted by atomic mass is 10.3. The van der Waals surface area contributed by atoms with E-state index in [0.717, 1.165) is 0 Å². The number of nitrogens with zero attached hydrogens (tertiary/aromatic N) is 2. The molecule has 2 rings (SSSR count). The van der Waals surface area contributed by atoms with E-state index in [1.807, 2.05) is 0 Å². The molecule has 1 amide bonds. The van der Waals surface area contributed by atoms with E-state index in [0.29, 0.717) is 13.0 Å². The molecule has 5 heteroatoms. The second kappa shape index (κ2) is 4.81. The lowest BCUT2D eigenvalue weighted by Crippen LogP contribution is -2.46.